The first kappa shape index (κ1) is 14.9. The number of amides is 1. The van der Waals surface area contributed by atoms with E-state index in [1.807, 2.05) is 0 Å². The minimum Gasteiger partial charge on any atom is -0.316 e. The van der Waals surface area contributed by atoms with Crippen LogP contribution in [0.15, 0.2) is 15.4 Å². The summed E-state index contributed by atoms with van der Waals surface area (Å²) in [5.74, 6) is 0.493. The summed E-state index contributed by atoms with van der Waals surface area (Å²) in [4.78, 5) is 20.8. The minimum atomic E-state index is -0.317. The second-order valence-electron chi connectivity index (χ2n) is 4.74. The monoisotopic (exact) mass is 390 g/mol. The minimum absolute atomic E-state index is 0.0247. The molecule has 19 heavy (non-hydrogen) atoms. The zero-order valence-corrected chi connectivity index (χ0v) is 13.8. The number of nitrogens with zero attached hydrogens (tertiary/aromatic N) is 2. The SMILES string of the molecule is CCCC1(C(=O)Nc2ncc(Br)nc2Br)CCNC1. The molecule has 1 aromatic rings. The molecule has 1 saturated heterocycles. The summed E-state index contributed by atoms with van der Waals surface area (Å²) in [6.07, 6.45) is 4.31. The Bertz CT molecular complexity index is 475. The molecular weight excluding hydrogens is 376 g/mol. The van der Waals surface area contributed by atoms with Crippen LogP contribution in [0, 0.1) is 5.41 Å². The van der Waals surface area contributed by atoms with Gasteiger partial charge in [-0.3, -0.25) is 4.79 Å². The van der Waals surface area contributed by atoms with Crippen LogP contribution in [0.1, 0.15) is 26.2 Å². The third kappa shape index (κ3) is 3.32. The third-order valence-electron chi connectivity index (χ3n) is 3.39. The zero-order chi connectivity index (χ0) is 13.9. The normalized spacial score (nSPS) is 22.5. The Morgan fingerprint density at radius 1 is 1.58 bits per heavy atom. The lowest BCUT2D eigenvalue weighted by Crippen LogP contribution is -2.38. The molecule has 0 bridgehead atoms. The maximum atomic E-state index is 12.5. The van der Waals surface area contributed by atoms with Gasteiger partial charge in [-0.25, -0.2) is 9.97 Å². The summed E-state index contributed by atoms with van der Waals surface area (Å²) in [6.45, 7) is 3.72. The summed E-state index contributed by atoms with van der Waals surface area (Å²) < 4.78 is 1.16. The van der Waals surface area contributed by atoms with E-state index in [-0.39, 0.29) is 11.3 Å². The lowest BCUT2D eigenvalue weighted by atomic mass is 9.81. The fourth-order valence-corrected chi connectivity index (χ4v) is 3.32. The number of nitrogens with one attached hydrogen (secondary N) is 2. The van der Waals surface area contributed by atoms with Gasteiger partial charge in [0.05, 0.1) is 11.6 Å². The Morgan fingerprint density at radius 2 is 2.37 bits per heavy atom. The van der Waals surface area contributed by atoms with E-state index in [9.17, 15) is 4.79 Å². The first-order chi connectivity index (χ1) is 9.07. The Balaban J connectivity index is 2.15. The van der Waals surface area contributed by atoms with Crippen molar-refractivity contribution >= 4 is 43.6 Å². The number of carbonyl (C=O) groups excluding carboxylic acids is 1. The summed E-state index contributed by atoms with van der Waals surface area (Å²) in [6, 6.07) is 0. The largest absolute Gasteiger partial charge is 0.316 e. The van der Waals surface area contributed by atoms with E-state index in [0.717, 1.165) is 32.4 Å². The molecule has 1 atom stereocenters. The summed E-state index contributed by atoms with van der Waals surface area (Å²) in [5, 5.41) is 6.16. The van der Waals surface area contributed by atoms with Gasteiger partial charge >= 0.3 is 0 Å². The van der Waals surface area contributed by atoms with Crippen LogP contribution >= 0.6 is 31.9 Å². The van der Waals surface area contributed by atoms with Gasteiger partial charge in [0.1, 0.15) is 9.21 Å². The second kappa shape index (κ2) is 6.28. The molecule has 0 aliphatic carbocycles. The fraction of sp³-hybridized carbons (Fsp3) is 0.583. The Kier molecular flexibility index (Phi) is 4.92. The molecule has 1 fully saturated rings. The van der Waals surface area contributed by atoms with Crippen molar-refractivity contribution in [1.82, 2.24) is 15.3 Å². The van der Waals surface area contributed by atoms with E-state index in [4.69, 9.17) is 0 Å². The Labute approximate surface area is 129 Å². The molecule has 1 amide bonds. The van der Waals surface area contributed by atoms with Crippen molar-refractivity contribution in [1.29, 1.82) is 0 Å². The number of carbonyl (C=O) groups is 1. The van der Waals surface area contributed by atoms with Crippen LogP contribution in [0.5, 0.6) is 0 Å². The molecule has 1 unspecified atom stereocenters. The van der Waals surface area contributed by atoms with Gasteiger partial charge in [-0.15, -0.1) is 0 Å². The summed E-state index contributed by atoms with van der Waals surface area (Å²) in [7, 11) is 0. The topological polar surface area (TPSA) is 66.9 Å². The molecular formula is C12H16Br2N4O. The predicted molar refractivity (Wildman–Crippen MR) is 80.9 cm³/mol. The van der Waals surface area contributed by atoms with Crippen LogP contribution in [0.4, 0.5) is 5.82 Å². The maximum absolute atomic E-state index is 12.5. The highest BCUT2D eigenvalue weighted by Gasteiger charge is 2.40. The number of hydrogen-bond acceptors (Lipinski definition) is 4. The molecule has 5 nitrogen and oxygen atoms in total. The van der Waals surface area contributed by atoms with Crippen LogP contribution in [0.25, 0.3) is 0 Å². The second-order valence-corrected chi connectivity index (χ2v) is 6.31. The van der Waals surface area contributed by atoms with Crippen LogP contribution < -0.4 is 10.6 Å². The van der Waals surface area contributed by atoms with Gasteiger partial charge in [0, 0.05) is 6.54 Å². The molecule has 0 aromatic carbocycles. The molecule has 0 radical (unpaired) electrons. The highest BCUT2D eigenvalue weighted by atomic mass is 79.9. The average molecular weight is 392 g/mol. The highest BCUT2D eigenvalue weighted by molar-refractivity contribution is 9.11. The maximum Gasteiger partial charge on any atom is 0.233 e. The zero-order valence-electron chi connectivity index (χ0n) is 10.7. The number of rotatable bonds is 4. The third-order valence-corrected chi connectivity index (χ3v) is 4.32. The van der Waals surface area contributed by atoms with E-state index >= 15 is 0 Å². The van der Waals surface area contributed by atoms with E-state index in [1.54, 1.807) is 6.20 Å². The fourth-order valence-electron chi connectivity index (χ4n) is 2.41. The first-order valence-electron chi connectivity index (χ1n) is 6.27. The quantitative estimate of drug-likeness (QED) is 0.827. The van der Waals surface area contributed by atoms with Crippen molar-refractivity contribution in [2.24, 2.45) is 5.41 Å². The predicted octanol–water partition coefficient (Wildman–Crippen LogP) is 2.72. The molecule has 7 heteroatoms. The van der Waals surface area contributed by atoms with Crippen molar-refractivity contribution in [2.45, 2.75) is 26.2 Å². The molecule has 2 rings (SSSR count). The van der Waals surface area contributed by atoms with E-state index in [2.05, 4.69) is 59.4 Å². The van der Waals surface area contributed by atoms with Crippen molar-refractivity contribution < 1.29 is 4.79 Å². The summed E-state index contributed by atoms with van der Waals surface area (Å²) in [5.41, 5.74) is -0.317. The van der Waals surface area contributed by atoms with Crippen molar-refractivity contribution in [2.75, 3.05) is 18.4 Å². The van der Waals surface area contributed by atoms with Gasteiger partial charge in [0.2, 0.25) is 5.91 Å². The van der Waals surface area contributed by atoms with Gasteiger partial charge in [0.25, 0.3) is 0 Å². The van der Waals surface area contributed by atoms with Crippen LogP contribution in [0.3, 0.4) is 0 Å². The standard InChI is InChI=1S/C12H16Br2N4O/c1-2-3-12(4-5-15-7-12)11(19)18-10-9(14)17-8(13)6-16-10/h6,15H,2-5,7H2,1H3,(H,16,18,19). The molecule has 1 aliphatic rings. The van der Waals surface area contributed by atoms with E-state index in [1.165, 1.54) is 0 Å². The smallest absolute Gasteiger partial charge is 0.233 e. The van der Waals surface area contributed by atoms with Gasteiger partial charge < -0.3 is 10.6 Å². The first-order valence-corrected chi connectivity index (χ1v) is 7.86. The van der Waals surface area contributed by atoms with Crippen LogP contribution in [-0.4, -0.2) is 29.0 Å². The number of aromatic nitrogens is 2. The molecule has 2 heterocycles. The van der Waals surface area contributed by atoms with E-state index in [0.29, 0.717) is 15.0 Å². The van der Waals surface area contributed by atoms with Gasteiger partial charge in [-0.1, -0.05) is 13.3 Å². The van der Waals surface area contributed by atoms with Crippen molar-refractivity contribution in [3.8, 4) is 0 Å². The molecule has 2 N–H and O–H groups in total. The average Bonchev–Trinajstić information content (AvgIpc) is 2.83. The molecule has 0 spiro atoms. The highest BCUT2D eigenvalue weighted by Crippen LogP contribution is 2.33. The summed E-state index contributed by atoms with van der Waals surface area (Å²) >= 11 is 6.54. The molecule has 104 valence electrons. The van der Waals surface area contributed by atoms with Gasteiger partial charge in [-0.05, 0) is 51.2 Å². The van der Waals surface area contributed by atoms with Crippen LogP contribution in [-0.2, 0) is 4.79 Å². The van der Waals surface area contributed by atoms with Gasteiger partial charge in [0.15, 0.2) is 5.82 Å². The van der Waals surface area contributed by atoms with Crippen LogP contribution in [0.2, 0.25) is 0 Å². The Morgan fingerprint density at radius 3 is 2.95 bits per heavy atom. The lowest BCUT2D eigenvalue weighted by Gasteiger charge is -2.26. The molecule has 1 aliphatic heterocycles. The number of anilines is 1. The molecule has 1 aromatic heterocycles. The number of halogens is 2. The number of hydrogen-bond donors (Lipinski definition) is 2. The Hall–Kier alpha value is -0.530. The lowest BCUT2D eigenvalue weighted by molar-refractivity contribution is -0.125. The molecule has 0 saturated carbocycles. The van der Waals surface area contributed by atoms with Crippen molar-refractivity contribution in [3.05, 3.63) is 15.4 Å². The van der Waals surface area contributed by atoms with E-state index < -0.39 is 0 Å². The van der Waals surface area contributed by atoms with Gasteiger partial charge in [-0.2, -0.15) is 0 Å². The van der Waals surface area contributed by atoms with Crippen molar-refractivity contribution in [3.63, 3.8) is 0 Å².